The van der Waals surface area contributed by atoms with Crippen molar-refractivity contribution in [3.05, 3.63) is 29.3 Å². The van der Waals surface area contributed by atoms with Crippen LogP contribution in [0.5, 0.6) is 0 Å². The summed E-state index contributed by atoms with van der Waals surface area (Å²) in [6.45, 7) is 4.61. The van der Waals surface area contributed by atoms with Crippen LogP contribution in [-0.4, -0.2) is 25.1 Å². The van der Waals surface area contributed by atoms with Crippen LogP contribution < -0.4 is 5.32 Å². The molecule has 1 N–H and O–H groups in total. The Labute approximate surface area is 111 Å². The van der Waals surface area contributed by atoms with Gasteiger partial charge in [-0.3, -0.25) is 9.59 Å². The van der Waals surface area contributed by atoms with Gasteiger partial charge < -0.3 is 14.8 Å². The molecule has 1 aliphatic rings. The van der Waals surface area contributed by atoms with Gasteiger partial charge in [0, 0.05) is 17.9 Å². The summed E-state index contributed by atoms with van der Waals surface area (Å²) in [5.74, 6) is -0.723. The van der Waals surface area contributed by atoms with Crippen LogP contribution in [-0.2, 0) is 19.1 Å². The van der Waals surface area contributed by atoms with Gasteiger partial charge >= 0.3 is 5.97 Å². The maximum atomic E-state index is 11.8. The van der Waals surface area contributed by atoms with E-state index in [0.717, 1.165) is 11.1 Å². The van der Waals surface area contributed by atoms with E-state index in [1.54, 1.807) is 6.07 Å². The Morgan fingerprint density at radius 1 is 1.42 bits per heavy atom. The number of hydrogen-bond donors (Lipinski definition) is 1. The van der Waals surface area contributed by atoms with Gasteiger partial charge in [-0.25, -0.2) is 0 Å². The zero-order valence-corrected chi connectivity index (χ0v) is 11.1. The van der Waals surface area contributed by atoms with Gasteiger partial charge in [0.15, 0.2) is 0 Å². The molecule has 1 unspecified atom stereocenters. The van der Waals surface area contributed by atoms with Crippen molar-refractivity contribution >= 4 is 17.6 Å². The molecule has 0 aromatic heterocycles. The molecule has 0 aliphatic carbocycles. The Morgan fingerprint density at radius 2 is 2.21 bits per heavy atom. The maximum absolute atomic E-state index is 11.8. The van der Waals surface area contributed by atoms with E-state index in [4.69, 9.17) is 9.47 Å². The SMILES string of the molecule is CCOCCC(=O)OC1C(=O)Nc2cccc(C)c21. The normalized spacial score (nSPS) is 16.9. The Bertz CT molecular complexity index is 498. The van der Waals surface area contributed by atoms with Crippen LogP contribution in [0.15, 0.2) is 18.2 Å². The highest BCUT2D eigenvalue weighted by molar-refractivity contribution is 6.03. The monoisotopic (exact) mass is 263 g/mol. The topological polar surface area (TPSA) is 64.6 Å². The molecule has 0 fully saturated rings. The number of fused-ring (bicyclic) bond motifs is 1. The lowest BCUT2D eigenvalue weighted by Crippen LogP contribution is -2.20. The van der Waals surface area contributed by atoms with Crippen molar-refractivity contribution in [2.24, 2.45) is 0 Å². The third-order valence-electron chi connectivity index (χ3n) is 2.99. The fourth-order valence-electron chi connectivity index (χ4n) is 2.07. The fourth-order valence-corrected chi connectivity index (χ4v) is 2.07. The molecule has 1 amide bonds. The van der Waals surface area contributed by atoms with Crippen LogP contribution in [0.2, 0.25) is 0 Å². The molecule has 19 heavy (non-hydrogen) atoms. The van der Waals surface area contributed by atoms with E-state index in [-0.39, 0.29) is 12.3 Å². The number of rotatable bonds is 5. The van der Waals surface area contributed by atoms with Crippen molar-refractivity contribution in [2.75, 3.05) is 18.5 Å². The highest BCUT2D eigenvalue weighted by atomic mass is 16.6. The van der Waals surface area contributed by atoms with E-state index in [9.17, 15) is 9.59 Å². The molecule has 0 saturated carbocycles. The quantitative estimate of drug-likeness (QED) is 0.651. The third kappa shape index (κ3) is 2.93. The number of carbonyl (C=O) groups is 2. The van der Waals surface area contributed by atoms with Crippen molar-refractivity contribution in [3.8, 4) is 0 Å². The first-order valence-corrected chi connectivity index (χ1v) is 6.31. The zero-order valence-electron chi connectivity index (χ0n) is 11.1. The Morgan fingerprint density at radius 3 is 2.95 bits per heavy atom. The van der Waals surface area contributed by atoms with Crippen molar-refractivity contribution < 1.29 is 19.1 Å². The van der Waals surface area contributed by atoms with Crippen LogP contribution in [0.25, 0.3) is 0 Å². The van der Waals surface area contributed by atoms with Gasteiger partial charge in [-0.05, 0) is 25.5 Å². The van der Waals surface area contributed by atoms with E-state index < -0.39 is 12.1 Å². The van der Waals surface area contributed by atoms with E-state index in [1.807, 2.05) is 26.0 Å². The summed E-state index contributed by atoms with van der Waals surface area (Å²) < 4.78 is 10.3. The van der Waals surface area contributed by atoms with Gasteiger partial charge in [0.2, 0.25) is 6.10 Å². The van der Waals surface area contributed by atoms with Crippen LogP contribution in [0, 0.1) is 6.92 Å². The molecule has 2 rings (SSSR count). The number of benzene rings is 1. The molecule has 5 nitrogen and oxygen atoms in total. The molecule has 0 radical (unpaired) electrons. The number of hydrogen-bond acceptors (Lipinski definition) is 4. The molecular formula is C14H17NO4. The highest BCUT2D eigenvalue weighted by Gasteiger charge is 2.34. The Kier molecular flexibility index (Phi) is 4.16. The molecule has 0 spiro atoms. The van der Waals surface area contributed by atoms with Crippen LogP contribution in [0.4, 0.5) is 5.69 Å². The predicted octanol–water partition coefficient (Wildman–Crippen LogP) is 1.96. The van der Waals surface area contributed by atoms with Crippen LogP contribution in [0.1, 0.15) is 30.6 Å². The smallest absolute Gasteiger partial charge is 0.309 e. The number of aryl methyl sites for hydroxylation is 1. The first-order chi connectivity index (χ1) is 9.13. The number of carbonyl (C=O) groups excluding carboxylic acids is 2. The number of nitrogens with one attached hydrogen (secondary N) is 1. The lowest BCUT2D eigenvalue weighted by molar-refractivity contribution is -0.155. The van der Waals surface area contributed by atoms with E-state index in [1.165, 1.54) is 0 Å². The summed E-state index contributed by atoms with van der Waals surface area (Å²) in [5.41, 5.74) is 2.39. The first-order valence-electron chi connectivity index (χ1n) is 6.31. The van der Waals surface area contributed by atoms with Crippen LogP contribution >= 0.6 is 0 Å². The molecule has 1 aliphatic heterocycles. The maximum Gasteiger partial charge on any atom is 0.309 e. The summed E-state index contributed by atoms with van der Waals surface area (Å²) in [5, 5.41) is 2.71. The standard InChI is InChI=1S/C14H17NO4/c1-3-18-8-7-11(16)19-13-12-9(2)5-4-6-10(12)15-14(13)17/h4-6,13H,3,7-8H2,1-2H3,(H,15,17). The second-order valence-electron chi connectivity index (χ2n) is 4.34. The molecule has 102 valence electrons. The summed E-state index contributed by atoms with van der Waals surface area (Å²) in [6.07, 6.45) is -0.691. The molecule has 0 saturated heterocycles. The lowest BCUT2D eigenvalue weighted by atomic mass is 10.0. The van der Waals surface area contributed by atoms with Crippen LogP contribution in [0.3, 0.4) is 0 Å². The minimum Gasteiger partial charge on any atom is -0.447 e. The highest BCUT2D eigenvalue weighted by Crippen LogP contribution is 2.35. The molecule has 1 heterocycles. The van der Waals surface area contributed by atoms with Gasteiger partial charge in [0.1, 0.15) is 0 Å². The molecule has 0 bridgehead atoms. The average molecular weight is 263 g/mol. The van der Waals surface area contributed by atoms with Gasteiger partial charge in [-0.15, -0.1) is 0 Å². The first kappa shape index (κ1) is 13.5. The summed E-state index contributed by atoms with van der Waals surface area (Å²) in [4.78, 5) is 23.5. The second kappa shape index (κ2) is 5.84. The predicted molar refractivity (Wildman–Crippen MR) is 69.8 cm³/mol. The van der Waals surface area contributed by atoms with Gasteiger partial charge in [0.05, 0.1) is 13.0 Å². The molecule has 1 atom stereocenters. The minimum absolute atomic E-state index is 0.152. The largest absolute Gasteiger partial charge is 0.447 e. The van der Waals surface area contributed by atoms with Crippen molar-refractivity contribution in [2.45, 2.75) is 26.4 Å². The molecule has 1 aromatic rings. The molecule has 5 heteroatoms. The zero-order chi connectivity index (χ0) is 13.8. The van der Waals surface area contributed by atoms with Crippen molar-refractivity contribution in [1.82, 2.24) is 0 Å². The van der Waals surface area contributed by atoms with Crippen molar-refractivity contribution in [3.63, 3.8) is 0 Å². The Balaban J connectivity index is 2.06. The number of ether oxygens (including phenoxy) is 2. The summed E-state index contributed by atoms with van der Waals surface area (Å²) in [7, 11) is 0. The third-order valence-corrected chi connectivity index (χ3v) is 2.99. The molecule has 1 aromatic carbocycles. The Hall–Kier alpha value is -1.88. The average Bonchev–Trinajstić information content (AvgIpc) is 2.67. The fraction of sp³-hybridized carbons (Fsp3) is 0.429. The van der Waals surface area contributed by atoms with E-state index >= 15 is 0 Å². The van der Waals surface area contributed by atoms with Gasteiger partial charge in [0.25, 0.3) is 5.91 Å². The van der Waals surface area contributed by atoms with Crippen molar-refractivity contribution in [1.29, 1.82) is 0 Å². The van der Waals surface area contributed by atoms with Gasteiger partial charge in [-0.2, -0.15) is 0 Å². The number of amides is 1. The van der Waals surface area contributed by atoms with Gasteiger partial charge in [-0.1, -0.05) is 12.1 Å². The second-order valence-corrected chi connectivity index (χ2v) is 4.34. The number of esters is 1. The minimum atomic E-state index is -0.842. The van der Waals surface area contributed by atoms with E-state index in [2.05, 4.69) is 5.32 Å². The summed E-state index contributed by atoms with van der Waals surface area (Å²) >= 11 is 0. The van der Waals surface area contributed by atoms with E-state index in [0.29, 0.717) is 18.9 Å². The lowest BCUT2D eigenvalue weighted by Gasteiger charge is -2.12. The molecular weight excluding hydrogens is 246 g/mol. The summed E-state index contributed by atoms with van der Waals surface area (Å²) in [6, 6.07) is 5.54. The number of anilines is 1.